The second kappa shape index (κ2) is 3.53. The van der Waals surface area contributed by atoms with E-state index in [9.17, 15) is 9.90 Å². The minimum Gasteiger partial charge on any atom is -0.481 e. The number of pyridine rings is 1. The molecule has 1 unspecified atom stereocenters. The van der Waals surface area contributed by atoms with E-state index in [2.05, 4.69) is 4.98 Å². The van der Waals surface area contributed by atoms with Crippen molar-refractivity contribution in [2.75, 3.05) is 0 Å². The second-order valence-corrected chi connectivity index (χ2v) is 5.19. The van der Waals surface area contributed by atoms with Crippen molar-refractivity contribution in [3.63, 3.8) is 0 Å². The highest BCUT2D eigenvalue weighted by molar-refractivity contribution is 5.71. The number of fused-ring (bicyclic) bond motifs is 1. The van der Waals surface area contributed by atoms with Gasteiger partial charge in [0, 0.05) is 17.8 Å². The van der Waals surface area contributed by atoms with Crippen LogP contribution in [0.1, 0.15) is 36.4 Å². The zero-order valence-corrected chi connectivity index (χ0v) is 9.47. The molecule has 1 atom stereocenters. The van der Waals surface area contributed by atoms with Gasteiger partial charge >= 0.3 is 5.97 Å². The summed E-state index contributed by atoms with van der Waals surface area (Å²) in [5.41, 5.74) is 1.33. The molecule has 2 aliphatic rings. The average molecular weight is 233 g/mol. The number of nitrogens with zero attached hydrogens (tertiary/aromatic N) is 1. The third-order valence-corrected chi connectivity index (χ3v) is 4.16. The number of aromatic nitrogens is 1. The molecule has 3 rings (SSSR count). The van der Waals surface area contributed by atoms with Crippen LogP contribution in [0.25, 0.3) is 0 Å². The van der Waals surface area contributed by atoms with Gasteiger partial charge in [0.15, 0.2) is 0 Å². The van der Waals surface area contributed by atoms with Gasteiger partial charge in [-0.3, -0.25) is 9.78 Å². The minimum absolute atomic E-state index is 0.0225. The van der Waals surface area contributed by atoms with Gasteiger partial charge in [0.1, 0.15) is 0 Å². The van der Waals surface area contributed by atoms with Crippen LogP contribution in [0.3, 0.4) is 0 Å². The molecular formula is C13H15NO3. The van der Waals surface area contributed by atoms with Crippen LogP contribution in [-0.4, -0.2) is 26.8 Å². The zero-order chi connectivity index (χ0) is 12.0. The molecule has 2 aliphatic carbocycles. The lowest BCUT2D eigenvalue weighted by Gasteiger charge is -2.45. The van der Waals surface area contributed by atoms with Gasteiger partial charge in [-0.2, -0.15) is 0 Å². The number of hydrogen-bond acceptors (Lipinski definition) is 3. The molecule has 1 heterocycles. The van der Waals surface area contributed by atoms with Crippen LogP contribution in [0.2, 0.25) is 0 Å². The molecule has 0 aliphatic heterocycles. The highest BCUT2D eigenvalue weighted by atomic mass is 16.4. The molecule has 0 saturated heterocycles. The number of aliphatic hydroxyl groups is 1. The first-order valence-electron chi connectivity index (χ1n) is 5.99. The van der Waals surface area contributed by atoms with Gasteiger partial charge in [-0.05, 0) is 37.3 Å². The Kier molecular flexibility index (Phi) is 2.23. The summed E-state index contributed by atoms with van der Waals surface area (Å²) >= 11 is 0. The molecule has 0 aromatic carbocycles. The third-order valence-electron chi connectivity index (χ3n) is 4.16. The van der Waals surface area contributed by atoms with Gasteiger partial charge < -0.3 is 10.2 Å². The van der Waals surface area contributed by atoms with Gasteiger partial charge in [0.05, 0.1) is 11.5 Å². The van der Waals surface area contributed by atoms with Gasteiger partial charge in [-0.1, -0.05) is 6.07 Å². The molecule has 1 aromatic rings. The fourth-order valence-electron chi connectivity index (χ4n) is 3.19. The molecule has 0 radical (unpaired) electrons. The smallest absolute Gasteiger partial charge is 0.306 e. The number of aliphatic carboxylic acids is 1. The summed E-state index contributed by atoms with van der Waals surface area (Å²) in [4.78, 5) is 15.2. The predicted octanol–water partition coefficient (Wildman–Crippen LogP) is 1.34. The van der Waals surface area contributed by atoms with Crippen LogP contribution in [0, 0.1) is 5.92 Å². The van der Waals surface area contributed by atoms with Gasteiger partial charge in [-0.15, -0.1) is 0 Å². The topological polar surface area (TPSA) is 70.4 Å². The Labute approximate surface area is 99.3 Å². The largest absolute Gasteiger partial charge is 0.481 e. The van der Waals surface area contributed by atoms with Crippen molar-refractivity contribution < 1.29 is 15.0 Å². The summed E-state index contributed by atoms with van der Waals surface area (Å²) in [5.74, 6) is -1.16. The lowest BCUT2D eigenvalue weighted by Crippen LogP contribution is -2.50. The van der Waals surface area contributed by atoms with Crippen LogP contribution in [0.4, 0.5) is 0 Å². The van der Waals surface area contributed by atoms with E-state index in [1.807, 2.05) is 12.1 Å². The van der Waals surface area contributed by atoms with E-state index in [0.717, 1.165) is 18.5 Å². The maximum Gasteiger partial charge on any atom is 0.306 e. The van der Waals surface area contributed by atoms with E-state index >= 15 is 0 Å². The Hall–Kier alpha value is -1.42. The lowest BCUT2D eigenvalue weighted by atomic mass is 9.64. The van der Waals surface area contributed by atoms with E-state index < -0.39 is 11.6 Å². The first kappa shape index (κ1) is 10.7. The third kappa shape index (κ3) is 1.55. The molecule has 1 fully saturated rings. The van der Waals surface area contributed by atoms with Crippen molar-refractivity contribution >= 4 is 5.97 Å². The quantitative estimate of drug-likeness (QED) is 0.808. The molecule has 0 bridgehead atoms. The first-order valence-corrected chi connectivity index (χ1v) is 5.99. The van der Waals surface area contributed by atoms with E-state index in [0.29, 0.717) is 12.8 Å². The van der Waals surface area contributed by atoms with E-state index in [1.54, 1.807) is 6.20 Å². The van der Waals surface area contributed by atoms with E-state index in [1.165, 1.54) is 5.56 Å². The van der Waals surface area contributed by atoms with Crippen molar-refractivity contribution in [2.24, 2.45) is 5.92 Å². The van der Waals surface area contributed by atoms with Gasteiger partial charge in [0.2, 0.25) is 0 Å². The number of carbonyl (C=O) groups is 1. The van der Waals surface area contributed by atoms with Crippen molar-refractivity contribution in [1.29, 1.82) is 0 Å². The summed E-state index contributed by atoms with van der Waals surface area (Å²) in [6.07, 6.45) is 4.29. The highest BCUT2D eigenvalue weighted by Gasteiger charge is 2.53. The number of carboxylic acids is 1. The van der Waals surface area contributed by atoms with Crippen molar-refractivity contribution in [3.8, 4) is 0 Å². The van der Waals surface area contributed by atoms with Gasteiger partial charge in [-0.25, -0.2) is 0 Å². The summed E-state index contributed by atoms with van der Waals surface area (Å²) in [6.45, 7) is 0. The number of hydrogen-bond donors (Lipinski definition) is 2. The lowest BCUT2D eigenvalue weighted by molar-refractivity contribution is -0.161. The molecule has 1 aromatic heterocycles. The Balaban J connectivity index is 1.82. The minimum atomic E-state index is -0.845. The number of carboxylic acid groups (broad SMARTS) is 1. The maximum absolute atomic E-state index is 10.8. The average Bonchev–Trinajstić information content (AvgIpc) is 2.68. The summed E-state index contributed by atoms with van der Waals surface area (Å²) in [6, 6.07) is 3.95. The van der Waals surface area contributed by atoms with Crippen molar-refractivity contribution in [2.45, 2.75) is 37.2 Å². The molecule has 2 N–H and O–H groups in total. The monoisotopic (exact) mass is 233 g/mol. The number of rotatable bonds is 2. The molecule has 90 valence electrons. The Morgan fingerprint density at radius 1 is 1.47 bits per heavy atom. The van der Waals surface area contributed by atoms with Crippen LogP contribution in [0.5, 0.6) is 0 Å². The standard InChI is InChI=1S/C13H15NO3/c15-12(16)9-6-13(17,7-9)10-4-3-8-2-1-5-14-11(8)10/h1-2,5,9-10,17H,3-4,6-7H2,(H,15,16). The number of aryl methyl sites for hydroxylation is 1. The molecule has 17 heavy (non-hydrogen) atoms. The fraction of sp³-hybridized carbons (Fsp3) is 0.538. The molecule has 0 spiro atoms. The highest BCUT2D eigenvalue weighted by Crippen LogP contribution is 2.51. The molecule has 1 saturated carbocycles. The van der Waals surface area contributed by atoms with E-state index in [4.69, 9.17) is 5.11 Å². The summed E-state index contributed by atoms with van der Waals surface area (Å²) in [5, 5.41) is 19.3. The predicted molar refractivity (Wildman–Crippen MR) is 60.6 cm³/mol. The van der Waals surface area contributed by atoms with Crippen molar-refractivity contribution in [1.82, 2.24) is 4.98 Å². The molecule has 4 nitrogen and oxygen atoms in total. The Bertz CT molecular complexity index is 465. The van der Waals surface area contributed by atoms with Crippen molar-refractivity contribution in [3.05, 3.63) is 29.6 Å². The van der Waals surface area contributed by atoms with Gasteiger partial charge in [0.25, 0.3) is 0 Å². The fourth-order valence-corrected chi connectivity index (χ4v) is 3.19. The van der Waals surface area contributed by atoms with Crippen LogP contribution in [-0.2, 0) is 11.2 Å². The van der Waals surface area contributed by atoms with Crippen LogP contribution in [0.15, 0.2) is 18.3 Å². The second-order valence-electron chi connectivity index (χ2n) is 5.19. The maximum atomic E-state index is 10.8. The molecule has 0 amide bonds. The van der Waals surface area contributed by atoms with Crippen LogP contribution < -0.4 is 0 Å². The normalized spacial score (nSPS) is 35.1. The Morgan fingerprint density at radius 3 is 2.94 bits per heavy atom. The van der Waals surface area contributed by atoms with Crippen LogP contribution >= 0.6 is 0 Å². The SMILES string of the molecule is O=C(O)C1CC(O)(C2CCc3cccnc32)C1. The van der Waals surface area contributed by atoms with E-state index in [-0.39, 0.29) is 11.8 Å². The molecule has 4 heteroatoms. The first-order chi connectivity index (χ1) is 8.10. The zero-order valence-electron chi connectivity index (χ0n) is 9.47. The molecular weight excluding hydrogens is 218 g/mol. The summed E-state index contributed by atoms with van der Waals surface area (Å²) < 4.78 is 0. The summed E-state index contributed by atoms with van der Waals surface area (Å²) in [7, 11) is 0. The Morgan fingerprint density at radius 2 is 2.24 bits per heavy atom.